The molecule has 0 unspecified atom stereocenters. The van der Waals surface area contributed by atoms with Crippen molar-refractivity contribution in [2.75, 3.05) is 0 Å². The first-order valence-corrected chi connectivity index (χ1v) is 15.5. The van der Waals surface area contributed by atoms with Crippen LogP contribution < -0.4 is 11.1 Å². The molecule has 0 atom stereocenters. The summed E-state index contributed by atoms with van der Waals surface area (Å²) in [4.78, 5) is 25.1. The summed E-state index contributed by atoms with van der Waals surface area (Å²) in [6.45, 7) is 0. The molecule has 0 aliphatic carbocycles. The van der Waals surface area contributed by atoms with Gasteiger partial charge in [0.05, 0.1) is 0 Å². The third-order valence-corrected chi connectivity index (χ3v) is 12.9. The predicted molar refractivity (Wildman–Crippen MR) is 149 cm³/mol. The van der Waals surface area contributed by atoms with Gasteiger partial charge in [-0.2, -0.15) is 0 Å². The second-order valence-corrected chi connectivity index (χ2v) is 14.6. The summed E-state index contributed by atoms with van der Waals surface area (Å²) >= 11 is -3.23. The number of benzene rings is 4. The topological polar surface area (TPSA) is 104 Å². The van der Waals surface area contributed by atoms with Crippen LogP contribution in [-0.4, -0.2) is 8.42 Å². The number of hydrogen-bond donors (Lipinski definition) is 0. The second kappa shape index (κ2) is 9.25. The molecule has 0 aliphatic heterocycles. The molecule has 0 spiro atoms. The van der Waals surface area contributed by atoms with Gasteiger partial charge >= 0.3 is 219 Å². The average Bonchev–Trinajstić information content (AvgIpc) is 2.92. The van der Waals surface area contributed by atoms with E-state index in [4.69, 9.17) is 11.3 Å². The molecule has 0 saturated heterocycles. The molecule has 0 radical (unpaired) electrons. The van der Waals surface area contributed by atoms with Crippen LogP contribution in [0.15, 0.2) is 126 Å². The van der Waals surface area contributed by atoms with E-state index in [9.17, 15) is 18.0 Å². The van der Waals surface area contributed by atoms with Gasteiger partial charge in [0, 0.05) is 0 Å². The molecule has 37 heavy (non-hydrogen) atoms. The Kier molecular flexibility index (Phi) is 5.90. The van der Waals surface area contributed by atoms with Crippen molar-refractivity contribution in [2.24, 2.45) is 0 Å². The van der Waals surface area contributed by atoms with Gasteiger partial charge in [0.25, 0.3) is 0 Å². The zero-order valence-electron chi connectivity index (χ0n) is 19.0. The first-order valence-electron chi connectivity index (χ1n) is 11.1. The Labute approximate surface area is 218 Å². The number of rotatable bonds is 5. The summed E-state index contributed by atoms with van der Waals surface area (Å²) in [5, 5.41) is 1.44. The van der Waals surface area contributed by atoms with Crippen LogP contribution in [0.2, 0.25) is 0 Å². The van der Waals surface area contributed by atoms with E-state index in [0.717, 1.165) is 0 Å². The molecule has 0 saturated carbocycles. The molecule has 0 aliphatic rings. The summed E-state index contributed by atoms with van der Waals surface area (Å²) in [6, 6.07) is 28.0. The first kappa shape index (κ1) is 23.6. The van der Waals surface area contributed by atoms with Crippen LogP contribution in [0, 0.1) is 7.14 Å². The molecule has 6 aromatic rings. The van der Waals surface area contributed by atoms with Crippen LogP contribution in [0.1, 0.15) is 0 Å². The number of para-hydroxylation sites is 1. The van der Waals surface area contributed by atoms with Crippen molar-refractivity contribution in [3.8, 4) is 0 Å². The molecule has 6 rings (SSSR count). The minimum atomic E-state index is -4.14. The fraction of sp³-hybridized carbons (Fsp3) is 0. The van der Waals surface area contributed by atoms with Crippen LogP contribution in [-0.2, 0) is 12.6 Å². The Bertz CT molecular complexity index is 2030. The molecular formula is C28H17IO7S. The summed E-state index contributed by atoms with van der Waals surface area (Å²) in [5.74, 6) is 0. The summed E-state index contributed by atoms with van der Waals surface area (Å²) in [7, 11) is -4.14. The summed E-state index contributed by atoms with van der Waals surface area (Å²) < 4.78 is 44.9. The molecule has 4 aromatic carbocycles. The molecule has 0 fully saturated rings. The monoisotopic (exact) mass is 624 g/mol. The van der Waals surface area contributed by atoms with Crippen molar-refractivity contribution in [3.63, 3.8) is 0 Å². The van der Waals surface area contributed by atoms with E-state index in [-0.39, 0.29) is 10.3 Å². The minimum absolute atomic E-state index is 0.0240. The number of halogens is 1. The van der Waals surface area contributed by atoms with Gasteiger partial charge in [-0.1, -0.05) is 0 Å². The number of fused-ring (bicyclic) bond motifs is 3. The van der Waals surface area contributed by atoms with E-state index in [2.05, 4.69) is 0 Å². The Balaban J connectivity index is 1.56. The van der Waals surface area contributed by atoms with Gasteiger partial charge in [-0.25, -0.2) is 0 Å². The van der Waals surface area contributed by atoms with E-state index in [1.165, 1.54) is 18.2 Å². The van der Waals surface area contributed by atoms with Crippen LogP contribution in [0.25, 0.3) is 32.9 Å². The fourth-order valence-corrected chi connectivity index (χ4v) is 11.0. The van der Waals surface area contributed by atoms with Crippen molar-refractivity contribution in [2.45, 2.75) is 4.90 Å². The molecule has 9 heteroatoms. The summed E-state index contributed by atoms with van der Waals surface area (Å²) in [5.41, 5.74) is 0.441. The molecule has 0 N–H and O–H groups in total. The van der Waals surface area contributed by atoms with Gasteiger partial charge < -0.3 is 0 Å². The second-order valence-electron chi connectivity index (χ2n) is 8.08. The Hall–Kier alpha value is -3.80. The van der Waals surface area contributed by atoms with E-state index >= 15 is 0 Å². The van der Waals surface area contributed by atoms with Crippen molar-refractivity contribution in [3.05, 3.63) is 131 Å². The molecule has 0 bridgehead atoms. The van der Waals surface area contributed by atoms with E-state index in [1.807, 2.05) is 0 Å². The normalized spacial score (nSPS) is 12.3. The van der Waals surface area contributed by atoms with Crippen LogP contribution in [0.4, 0.5) is 0 Å². The zero-order valence-corrected chi connectivity index (χ0v) is 21.9. The Morgan fingerprint density at radius 1 is 0.622 bits per heavy atom. The zero-order chi connectivity index (χ0) is 25.6. The van der Waals surface area contributed by atoms with Crippen molar-refractivity contribution >= 4 is 63.3 Å². The van der Waals surface area contributed by atoms with Crippen molar-refractivity contribution in [1.82, 2.24) is 0 Å². The van der Waals surface area contributed by atoms with E-state index in [1.54, 1.807) is 84.9 Å². The molecule has 184 valence electrons. The standard InChI is InChI=1S/C28H17IO7S/c30-27-15-11-18-10-12-20(17-26(18)35-27)29(36-37(32,33)21-6-2-1-3-7-21)19-13-14-25-23(16-19)28(31)22-8-4-5-9-24(22)34-25/h1-17H. The van der Waals surface area contributed by atoms with Gasteiger partial charge in [0.15, 0.2) is 0 Å². The Morgan fingerprint density at radius 3 is 2.14 bits per heavy atom. The first-order chi connectivity index (χ1) is 17.9. The Morgan fingerprint density at radius 2 is 1.30 bits per heavy atom. The molecule has 2 heterocycles. The molecule has 0 amide bonds. The third kappa shape index (κ3) is 4.45. The van der Waals surface area contributed by atoms with Crippen molar-refractivity contribution < 1.29 is 19.8 Å². The summed E-state index contributed by atoms with van der Waals surface area (Å²) in [6.07, 6.45) is 0. The van der Waals surface area contributed by atoms with E-state index < -0.39 is 36.0 Å². The van der Waals surface area contributed by atoms with Gasteiger partial charge in [0.1, 0.15) is 0 Å². The fourth-order valence-electron chi connectivity index (χ4n) is 3.93. The van der Waals surface area contributed by atoms with E-state index in [0.29, 0.717) is 40.0 Å². The van der Waals surface area contributed by atoms with Crippen LogP contribution in [0.5, 0.6) is 0 Å². The van der Waals surface area contributed by atoms with Gasteiger partial charge in [0.2, 0.25) is 0 Å². The number of hydrogen-bond acceptors (Lipinski definition) is 7. The predicted octanol–water partition coefficient (Wildman–Crippen LogP) is 5.92. The molecular weight excluding hydrogens is 607 g/mol. The van der Waals surface area contributed by atoms with Crippen molar-refractivity contribution in [1.29, 1.82) is 0 Å². The van der Waals surface area contributed by atoms with Crippen LogP contribution in [0.3, 0.4) is 0 Å². The molecule has 7 nitrogen and oxygen atoms in total. The SMILES string of the molecule is O=c1ccc2ccc(I(OS(=O)(=O)c3ccccc3)c3ccc4oc5ccccc5c(=O)c4c3)cc2o1. The third-order valence-electron chi connectivity index (χ3n) is 5.70. The maximum absolute atomic E-state index is 13.3. The van der Waals surface area contributed by atoms with Gasteiger partial charge in [-0.05, 0) is 0 Å². The van der Waals surface area contributed by atoms with Gasteiger partial charge in [-0.15, -0.1) is 0 Å². The van der Waals surface area contributed by atoms with Crippen LogP contribution >= 0.6 is 20.2 Å². The maximum atomic E-state index is 13.3. The quantitative estimate of drug-likeness (QED) is 0.133. The van der Waals surface area contributed by atoms with Gasteiger partial charge in [-0.3, -0.25) is 0 Å². The average molecular weight is 624 g/mol. The molecule has 2 aromatic heterocycles.